The van der Waals surface area contributed by atoms with Gasteiger partial charge >= 0.3 is 0 Å². The van der Waals surface area contributed by atoms with E-state index in [9.17, 15) is 4.79 Å². The van der Waals surface area contributed by atoms with E-state index in [1.54, 1.807) is 7.05 Å². The number of amides is 1. The van der Waals surface area contributed by atoms with Crippen molar-refractivity contribution in [2.45, 2.75) is 19.3 Å². The minimum absolute atomic E-state index is 0.107. The summed E-state index contributed by atoms with van der Waals surface area (Å²) in [5, 5.41) is 2.68. The molecule has 0 radical (unpaired) electrons. The van der Waals surface area contributed by atoms with Crippen LogP contribution in [0.3, 0.4) is 0 Å². The first kappa shape index (κ1) is 12.1. The summed E-state index contributed by atoms with van der Waals surface area (Å²) in [7, 11) is 1.69. The number of nitrogens with zero attached hydrogens (tertiary/aromatic N) is 1. The van der Waals surface area contributed by atoms with Crippen molar-refractivity contribution in [2.24, 2.45) is 0 Å². The zero-order valence-electron chi connectivity index (χ0n) is 10.6. The average molecular weight is 232 g/mol. The third-order valence-corrected chi connectivity index (χ3v) is 3.55. The van der Waals surface area contributed by atoms with Crippen LogP contribution in [0.25, 0.3) is 0 Å². The van der Waals surface area contributed by atoms with Crippen molar-refractivity contribution >= 4 is 5.91 Å². The first-order valence-electron chi connectivity index (χ1n) is 6.19. The fraction of sp³-hybridized carbons (Fsp3) is 0.500. The second kappa shape index (κ2) is 5.32. The average Bonchev–Trinajstić information content (AvgIpc) is 2.78. The highest BCUT2D eigenvalue weighted by atomic mass is 16.1. The summed E-state index contributed by atoms with van der Waals surface area (Å²) in [6, 6.07) is 8.56. The minimum Gasteiger partial charge on any atom is -0.358 e. The Balaban J connectivity index is 1.98. The van der Waals surface area contributed by atoms with E-state index in [0.29, 0.717) is 12.5 Å². The van der Waals surface area contributed by atoms with Crippen molar-refractivity contribution in [1.82, 2.24) is 10.2 Å². The molecule has 1 heterocycles. The number of carbonyl (C=O) groups is 1. The standard InChI is InChI=1S/C14H20N2O/c1-11-5-3-4-6-13(11)12-7-8-16(9-12)10-14(17)15-2/h3-6,12H,7-10H2,1-2H3,(H,15,17). The summed E-state index contributed by atoms with van der Waals surface area (Å²) in [5.41, 5.74) is 2.80. The van der Waals surface area contributed by atoms with Crippen molar-refractivity contribution in [2.75, 3.05) is 26.7 Å². The summed E-state index contributed by atoms with van der Waals surface area (Å²) < 4.78 is 0. The van der Waals surface area contributed by atoms with Crippen LogP contribution >= 0.6 is 0 Å². The molecule has 3 heteroatoms. The van der Waals surface area contributed by atoms with Crippen LogP contribution in [0, 0.1) is 6.92 Å². The number of carbonyl (C=O) groups excluding carboxylic acids is 1. The Morgan fingerprint density at radius 2 is 2.24 bits per heavy atom. The van der Waals surface area contributed by atoms with Gasteiger partial charge in [-0.3, -0.25) is 9.69 Å². The molecule has 1 amide bonds. The Morgan fingerprint density at radius 3 is 2.94 bits per heavy atom. The molecule has 2 rings (SSSR count). The van der Waals surface area contributed by atoms with Crippen molar-refractivity contribution in [3.8, 4) is 0 Å². The number of likely N-dealkylation sites (tertiary alicyclic amines) is 1. The molecule has 3 nitrogen and oxygen atoms in total. The van der Waals surface area contributed by atoms with E-state index in [-0.39, 0.29) is 5.91 Å². The van der Waals surface area contributed by atoms with Crippen LogP contribution in [0.15, 0.2) is 24.3 Å². The van der Waals surface area contributed by atoms with Crippen LogP contribution in [0.4, 0.5) is 0 Å². The summed E-state index contributed by atoms with van der Waals surface area (Å²) in [4.78, 5) is 13.6. The number of hydrogen-bond acceptors (Lipinski definition) is 2. The molecule has 0 saturated carbocycles. The van der Waals surface area contributed by atoms with Crippen LogP contribution in [-0.2, 0) is 4.79 Å². The van der Waals surface area contributed by atoms with Gasteiger partial charge in [0.15, 0.2) is 0 Å². The maximum absolute atomic E-state index is 11.3. The molecule has 1 aliphatic rings. The van der Waals surface area contributed by atoms with Gasteiger partial charge in [-0.1, -0.05) is 24.3 Å². The van der Waals surface area contributed by atoms with E-state index in [0.717, 1.165) is 19.5 Å². The Bertz CT molecular complexity index is 403. The summed E-state index contributed by atoms with van der Waals surface area (Å²) in [6.45, 7) is 4.71. The largest absolute Gasteiger partial charge is 0.358 e. The normalized spacial score (nSPS) is 20.5. The molecule has 1 N–H and O–H groups in total. The molecular formula is C14H20N2O. The van der Waals surface area contributed by atoms with E-state index < -0.39 is 0 Å². The molecule has 1 aliphatic heterocycles. The van der Waals surface area contributed by atoms with Gasteiger partial charge in [0.25, 0.3) is 0 Å². The van der Waals surface area contributed by atoms with E-state index in [2.05, 4.69) is 41.4 Å². The number of likely N-dealkylation sites (N-methyl/N-ethyl adjacent to an activating group) is 1. The zero-order chi connectivity index (χ0) is 12.3. The van der Waals surface area contributed by atoms with E-state index in [1.807, 2.05) is 0 Å². The molecule has 0 aliphatic carbocycles. The second-order valence-electron chi connectivity index (χ2n) is 4.75. The van der Waals surface area contributed by atoms with Gasteiger partial charge in [0.05, 0.1) is 6.54 Å². The number of aryl methyl sites for hydroxylation is 1. The third kappa shape index (κ3) is 2.86. The number of hydrogen-bond donors (Lipinski definition) is 1. The molecule has 1 fully saturated rings. The molecule has 1 aromatic rings. The molecule has 1 unspecified atom stereocenters. The predicted octanol–water partition coefficient (Wildman–Crippen LogP) is 1.53. The zero-order valence-corrected chi connectivity index (χ0v) is 10.6. The van der Waals surface area contributed by atoms with Crippen LogP contribution in [0.2, 0.25) is 0 Å². The van der Waals surface area contributed by atoms with Crippen LogP contribution < -0.4 is 5.32 Å². The number of benzene rings is 1. The maximum atomic E-state index is 11.3. The summed E-state index contributed by atoms with van der Waals surface area (Å²) in [5.74, 6) is 0.691. The second-order valence-corrected chi connectivity index (χ2v) is 4.75. The van der Waals surface area contributed by atoms with Crippen molar-refractivity contribution in [3.63, 3.8) is 0 Å². The first-order chi connectivity index (χ1) is 8.20. The quantitative estimate of drug-likeness (QED) is 0.857. The highest BCUT2D eigenvalue weighted by Crippen LogP contribution is 2.28. The Hall–Kier alpha value is -1.35. The van der Waals surface area contributed by atoms with Crippen LogP contribution in [-0.4, -0.2) is 37.5 Å². The molecule has 1 aromatic carbocycles. The minimum atomic E-state index is 0.107. The highest BCUT2D eigenvalue weighted by molar-refractivity contribution is 5.77. The van der Waals surface area contributed by atoms with Crippen LogP contribution in [0.5, 0.6) is 0 Å². The topological polar surface area (TPSA) is 32.3 Å². The van der Waals surface area contributed by atoms with Crippen LogP contribution in [0.1, 0.15) is 23.5 Å². The van der Waals surface area contributed by atoms with Gasteiger partial charge in [0.2, 0.25) is 5.91 Å². The fourth-order valence-corrected chi connectivity index (χ4v) is 2.56. The lowest BCUT2D eigenvalue weighted by Crippen LogP contribution is -2.34. The van der Waals surface area contributed by atoms with E-state index in [4.69, 9.17) is 0 Å². The Morgan fingerprint density at radius 1 is 1.47 bits per heavy atom. The predicted molar refractivity (Wildman–Crippen MR) is 69.0 cm³/mol. The first-order valence-corrected chi connectivity index (χ1v) is 6.19. The van der Waals surface area contributed by atoms with Crippen molar-refractivity contribution in [1.29, 1.82) is 0 Å². The molecule has 0 aromatic heterocycles. The molecule has 17 heavy (non-hydrogen) atoms. The smallest absolute Gasteiger partial charge is 0.233 e. The van der Waals surface area contributed by atoms with Gasteiger partial charge in [0.1, 0.15) is 0 Å². The number of rotatable bonds is 3. The lowest BCUT2D eigenvalue weighted by molar-refractivity contribution is -0.121. The Labute approximate surface area is 103 Å². The monoisotopic (exact) mass is 232 g/mol. The van der Waals surface area contributed by atoms with Gasteiger partial charge in [-0.25, -0.2) is 0 Å². The summed E-state index contributed by atoms with van der Waals surface area (Å²) >= 11 is 0. The lowest BCUT2D eigenvalue weighted by Gasteiger charge is -2.16. The summed E-state index contributed by atoms with van der Waals surface area (Å²) in [6.07, 6.45) is 1.15. The van der Waals surface area contributed by atoms with Crippen molar-refractivity contribution in [3.05, 3.63) is 35.4 Å². The molecule has 92 valence electrons. The SMILES string of the molecule is CNC(=O)CN1CCC(c2ccccc2C)C1. The maximum Gasteiger partial charge on any atom is 0.233 e. The van der Waals surface area contributed by atoms with Gasteiger partial charge in [0, 0.05) is 13.6 Å². The van der Waals surface area contributed by atoms with E-state index >= 15 is 0 Å². The van der Waals surface area contributed by atoms with Crippen molar-refractivity contribution < 1.29 is 4.79 Å². The highest BCUT2D eigenvalue weighted by Gasteiger charge is 2.25. The van der Waals surface area contributed by atoms with E-state index in [1.165, 1.54) is 11.1 Å². The molecule has 1 atom stereocenters. The fourth-order valence-electron chi connectivity index (χ4n) is 2.56. The third-order valence-electron chi connectivity index (χ3n) is 3.55. The number of nitrogens with one attached hydrogen (secondary N) is 1. The molecule has 0 bridgehead atoms. The molecule has 0 spiro atoms. The van der Waals surface area contributed by atoms with Gasteiger partial charge in [-0.05, 0) is 36.9 Å². The van der Waals surface area contributed by atoms with Gasteiger partial charge in [-0.15, -0.1) is 0 Å². The molecule has 1 saturated heterocycles. The van der Waals surface area contributed by atoms with Gasteiger partial charge < -0.3 is 5.32 Å². The van der Waals surface area contributed by atoms with Gasteiger partial charge in [-0.2, -0.15) is 0 Å². The Kier molecular flexibility index (Phi) is 3.79. The lowest BCUT2D eigenvalue weighted by atomic mass is 9.94. The molecular weight excluding hydrogens is 212 g/mol.